The van der Waals surface area contributed by atoms with E-state index in [-0.39, 0.29) is 35.5 Å². The number of nitro groups is 1. The van der Waals surface area contributed by atoms with E-state index >= 15 is 0 Å². The minimum atomic E-state index is -1.46. The minimum absolute atomic E-state index is 0.0505. The summed E-state index contributed by atoms with van der Waals surface area (Å²) >= 11 is 0. The maximum absolute atomic E-state index is 14.1. The van der Waals surface area contributed by atoms with E-state index in [1.807, 2.05) is 20.8 Å². The molecule has 3 amide bonds. The van der Waals surface area contributed by atoms with E-state index in [0.717, 1.165) is 31.7 Å². The highest BCUT2D eigenvalue weighted by molar-refractivity contribution is 6.00. The zero-order valence-electron chi connectivity index (χ0n) is 21.5. The van der Waals surface area contributed by atoms with Crippen molar-refractivity contribution in [2.75, 3.05) is 7.11 Å². The molecule has 0 aromatic heterocycles. The Hall–Kier alpha value is -4.35. The quantitative estimate of drug-likeness (QED) is 0.253. The van der Waals surface area contributed by atoms with Gasteiger partial charge in [0, 0.05) is 17.8 Å². The molecule has 1 aliphatic rings. The number of benzene rings is 2. The number of hydrogen-bond donors (Lipinski definition) is 1. The molecule has 10 nitrogen and oxygen atoms in total. The monoisotopic (exact) mass is 533 g/mol. The van der Waals surface area contributed by atoms with Gasteiger partial charge in [-0.05, 0) is 48.2 Å². The molecule has 1 N–H and O–H groups in total. The highest BCUT2D eigenvalue weighted by Crippen LogP contribution is 2.37. The molecule has 0 spiro atoms. The van der Waals surface area contributed by atoms with E-state index in [1.54, 1.807) is 0 Å². The Labute approximate surface area is 218 Å². The Morgan fingerprint density at radius 2 is 1.76 bits per heavy atom. The number of halogens is 2. The molecule has 0 bridgehead atoms. The number of nitrogens with one attached hydrogen (secondary N) is 1. The van der Waals surface area contributed by atoms with Crippen molar-refractivity contribution < 1.29 is 37.6 Å². The maximum Gasteiger partial charge on any atom is 0.419 e. The molecule has 0 saturated heterocycles. The van der Waals surface area contributed by atoms with Crippen molar-refractivity contribution in [1.29, 1.82) is 0 Å². The summed E-state index contributed by atoms with van der Waals surface area (Å²) in [6.07, 6.45) is 0.394. The van der Waals surface area contributed by atoms with Gasteiger partial charge in [-0.2, -0.15) is 0 Å². The molecule has 12 heteroatoms. The first-order valence-electron chi connectivity index (χ1n) is 11.9. The van der Waals surface area contributed by atoms with Crippen molar-refractivity contribution in [3.05, 3.63) is 86.6 Å². The number of ether oxygens (including phenoxy) is 2. The largest absolute Gasteiger partial charge is 0.466 e. The zero-order chi connectivity index (χ0) is 28.4. The topological polar surface area (TPSA) is 128 Å². The van der Waals surface area contributed by atoms with E-state index in [4.69, 9.17) is 9.47 Å². The van der Waals surface area contributed by atoms with E-state index < -0.39 is 40.7 Å². The van der Waals surface area contributed by atoms with Gasteiger partial charge in [-0.25, -0.2) is 28.1 Å². The van der Waals surface area contributed by atoms with Gasteiger partial charge in [0.15, 0.2) is 11.6 Å². The van der Waals surface area contributed by atoms with Crippen molar-refractivity contribution in [2.45, 2.75) is 52.7 Å². The fourth-order valence-corrected chi connectivity index (χ4v) is 3.68. The van der Waals surface area contributed by atoms with Gasteiger partial charge in [0.25, 0.3) is 5.69 Å². The van der Waals surface area contributed by atoms with Gasteiger partial charge in [0.05, 0.1) is 17.6 Å². The lowest BCUT2D eigenvalue weighted by molar-refractivity contribution is -0.384. The highest BCUT2D eigenvalue weighted by Gasteiger charge is 2.43. The average Bonchev–Trinajstić information content (AvgIpc) is 2.92. The van der Waals surface area contributed by atoms with Crippen molar-refractivity contribution >= 4 is 23.8 Å². The number of nitrogens with zero attached hydrogens (tertiary/aromatic N) is 2. The molecule has 0 saturated carbocycles. The second-order valence-corrected chi connectivity index (χ2v) is 7.84. The SMILES string of the molecule is CC.CCCCC1=C(C(=O)OC)C(c2ccc(F)c(F)c2)N(C(=O)OCc2ccc([N+](=O)[O-])cc2)C(=O)N1. The van der Waals surface area contributed by atoms with Gasteiger partial charge in [0.2, 0.25) is 0 Å². The van der Waals surface area contributed by atoms with Gasteiger partial charge in [-0.15, -0.1) is 0 Å². The smallest absolute Gasteiger partial charge is 0.419 e. The van der Waals surface area contributed by atoms with Gasteiger partial charge in [-0.1, -0.05) is 33.3 Å². The van der Waals surface area contributed by atoms with E-state index in [0.29, 0.717) is 16.9 Å². The van der Waals surface area contributed by atoms with E-state index in [9.17, 15) is 33.3 Å². The normalized spacial score (nSPS) is 14.7. The van der Waals surface area contributed by atoms with Crippen LogP contribution in [0.2, 0.25) is 0 Å². The molecule has 1 heterocycles. The molecule has 2 aromatic carbocycles. The second-order valence-electron chi connectivity index (χ2n) is 7.84. The summed E-state index contributed by atoms with van der Waals surface area (Å²) in [5.41, 5.74) is 0.256. The first kappa shape index (κ1) is 29.9. The fourth-order valence-electron chi connectivity index (χ4n) is 3.68. The molecule has 2 aromatic rings. The number of allylic oxidation sites excluding steroid dienone is 1. The molecular formula is C26H29F2N3O7. The Bertz CT molecular complexity index is 1220. The van der Waals surface area contributed by atoms with Crippen LogP contribution >= 0.6 is 0 Å². The molecule has 0 radical (unpaired) electrons. The number of hydrogen-bond acceptors (Lipinski definition) is 7. The van der Waals surface area contributed by atoms with Gasteiger partial charge < -0.3 is 14.8 Å². The number of imide groups is 1. The third-order valence-corrected chi connectivity index (χ3v) is 5.48. The molecular weight excluding hydrogens is 504 g/mol. The first-order valence-corrected chi connectivity index (χ1v) is 11.9. The number of carbonyl (C=O) groups excluding carboxylic acids is 3. The van der Waals surface area contributed by atoms with Gasteiger partial charge in [-0.3, -0.25) is 10.1 Å². The molecule has 0 aliphatic carbocycles. The summed E-state index contributed by atoms with van der Waals surface area (Å²) in [5.74, 6) is -3.26. The minimum Gasteiger partial charge on any atom is -0.466 e. The van der Waals surface area contributed by atoms with Crippen LogP contribution in [0.5, 0.6) is 0 Å². The predicted octanol–water partition coefficient (Wildman–Crippen LogP) is 5.92. The van der Waals surface area contributed by atoms with Crippen LogP contribution in [0.1, 0.15) is 57.2 Å². The highest BCUT2D eigenvalue weighted by atomic mass is 19.2. The summed E-state index contributed by atoms with van der Waals surface area (Å²) in [6.45, 7) is 5.54. The number of unbranched alkanes of at least 4 members (excludes halogenated alkanes) is 1. The number of nitro benzene ring substituents is 1. The summed E-state index contributed by atoms with van der Waals surface area (Å²) in [4.78, 5) is 49.7. The van der Waals surface area contributed by atoms with Crippen molar-refractivity contribution in [3.63, 3.8) is 0 Å². The van der Waals surface area contributed by atoms with Gasteiger partial charge >= 0.3 is 18.1 Å². The number of methoxy groups -OCH3 is 1. The molecule has 204 valence electrons. The van der Waals surface area contributed by atoms with Crippen LogP contribution < -0.4 is 5.32 Å². The summed E-state index contributed by atoms with van der Waals surface area (Å²) < 4.78 is 37.9. The Kier molecular flexibility index (Phi) is 10.9. The second kappa shape index (κ2) is 13.8. The zero-order valence-corrected chi connectivity index (χ0v) is 21.5. The number of urea groups is 1. The standard InChI is InChI=1S/C24H23F2N3O7.C2H6/c1-3-4-5-19-20(22(30)35-2)21(15-8-11-17(25)18(26)12-15)28(23(31)27-19)24(32)36-13-14-6-9-16(10-7-14)29(33)34;1-2/h6-12,21H,3-5,13H2,1-2H3,(H,27,31);1-2H3. The Morgan fingerprint density at radius 3 is 2.32 bits per heavy atom. The molecule has 0 fully saturated rings. The van der Waals surface area contributed by atoms with Crippen LogP contribution in [0.25, 0.3) is 0 Å². The maximum atomic E-state index is 14.1. The van der Waals surface area contributed by atoms with Crippen molar-refractivity contribution in [3.8, 4) is 0 Å². The van der Waals surface area contributed by atoms with Crippen LogP contribution in [0.15, 0.2) is 53.7 Å². The molecule has 1 unspecified atom stereocenters. The lowest BCUT2D eigenvalue weighted by atomic mass is 9.92. The molecule has 38 heavy (non-hydrogen) atoms. The fraction of sp³-hybridized carbons (Fsp3) is 0.346. The third kappa shape index (κ3) is 6.90. The van der Waals surface area contributed by atoms with Crippen LogP contribution in [0, 0.1) is 21.7 Å². The van der Waals surface area contributed by atoms with Gasteiger partial charge in [0.1, 0.15) is 12.6 Å². The summed E-state index contributed by atoms with van der Waals surface area (Å²) in [5, 5.41) is 13.3. The van der Waals surface area contributed by atoms with E-state index in [1.165, 1.54) is 24.3 Å². The predicted molar refractivity (Wildman–Crippen MR) is 133 cm³/mol. The van der Waals surface area contributed by atoms with E-state index in [2.05, 4.69) is 5.32 Å². The molecule has 3 rings (SSSR count). The van der Waals surface area contributed by atoms with Crippen LogP contribution in [-0.4, -0.2) is 35.0 Å². The number of esters is 1. The van der Waals surface area contributed by atoms with Crippen molar-refractivity contribution in [2.24, 2.45) is 0 Å². The molecule has 1 aliphatic heterocycles. The summed E-state index contributed by atoms with van der Waals surface area (Å²) in [7, 11) is 1.11. The number of amides is 3. The Balaban J connectivity index is 0.00000247. The lowest BCUT2D eigenvalue weighted by Gasteiger charge is -2.36. The van der Waals surface area contributed by atoms with Crippen LogP contribution in [0.3, 0.4) is 0 Å². The Morgan fingerprint density at radius 1 is 1.11 bits per heavy atom. The number of non-ortho nitro benzene ring substituents is 1. The molecule has 1 atom stereocenters. The number of rotatable bonds is 8. The van der Waals surface area contributed by atoms with Crippen LogP contribution in [0.4, 0.5) is 24.1 Å². The summed E-state index contributed by atoms with van der Waals surface area (Å²) in [6, 6.07) is 5.55. The van der Waals surface area contributed by atoms with Crippen molar-refractivity contribution in [1.82, 2.24) is 10.2 Å². The first-order chi connectivity index (χ1) is 18.2. The average molecular weight is 534 g/mol. The third-order valence-electron chi connectivity index (χ3n) is 5.48. The lowest BCUT2D eigenvalue weighted by Crippen LogP contribution is -2.51. The number of carbonyl (C=O) groups is 3. The van der Waals surface area contributed by atoms with Crippen LogP contribution in [-0.2, 0) is 20.9 Å².